The summed E-state index contributed by atoms with van der Waals surface area (Å²) in [7, 11) is 1.68. The molecule has 2 saturated carbocycles. The molecule has 3 unspecified atom stereocenters. The van der Waals surface area contributed by atoms with Gasteiger partial charge in [0.1, 0.15) is 5.75 Å². The highest BCUT2D eigenvalue weighted by atomic mass is 16.5. The highest BCUT2D eigenvalue weighted by Crippen LogP contribution is 2.57. The third-order valence-corrected chi connectivity index (χ3v) is 5.79. The van der Waals surface area contributed by atoms with Gasteiger partial charge in [-0.15, -0.1) is 0 Å². The fourth-order valence-corrected chi connectivity index (χ4v) is 4.65. The SMILES string of the molecule is COc1cccc(CC2(C(=O)NCC(C)(C)N)CC3CCC2C3)c1. The number of benzene rings is 1. The number of nitrogens with two attached hydrogens (primary N) is 1. The topological polar surface area (TPSA) is 64.3 Å². The summed E-state index contributed by atoms with van der Waals surface area (Å²) in [5.74, 6) is 2.25. The maximum absolute atomic E-state index is 13.2. The number of carbonyl (C=O) groups is 1. The van der Waals surface area contributed by atoms with Crippen LogP contribution in [0.15, 0.2) is 24.3 Å². The maximum atomic E-state index is 13.2. The van der Waals surface area contributed by atoms with Gasteiger partial charge in [-0.2, -0.15) is 0 Å². The molecule has 0 saturated heterocycles. The summed E-state index contributed by atoms with van der Waals surface area (Å²) in [6.07, 6.45) is 5.45. The fraction of sp³-hybridized carbons (Fsp3) is 0.650. The van der Waals surface area contributed by atoms with Crippen LogP contribution in [0.25, 0.3) is 0 Å². The third kappa shape index (κ3) is 3.44. The average molecular weight is 330 g/mol. The van der Waals surface area contributed by atoms with Gasteiger partial charge in [-0.3, -0.25) is 4.79 Å². The van der Waals surface area contributed by atoms with Gasteiger partial charge in [0.2, 0.25) is 5.91 Å². The molecule has 3 rings (SSSR count). The van der Waals surface area contributed by atoms with Crippen LogP contribution < -0.4 is 15.8 Å². The Labute approximate surface area is 145 Å². The third-order valence-electron chi connectivity index (χ3n) is 5.79. The Morgan fingerprint density at radius 3 is 2.79 bits per heavy atom. The highest BCUT2D eigenvalue weighted by Gasteiger charge is 2.55. The molecule has 0 spiro atoms. The van der Waals surface area contributed by atoms with Crippen LogP contribution in [0.3, 0.4) is 0 Å². The summed E-state index contributed by atoms with van der Waals surface area (Å²) in [5, 5.41) is 3.14. The van der Waals surface area contributed by atoms with E-state index in [9.17, 15) is 4.79 Å². The van der Waals surface area contributed by atoms with Gasteiger partial charge in [-0.05, 0) is 69.1 Å². The van der Waals surface area contributed by atoms with Gasteiger partial charge >= 0.3 is 0 Å². The van der Waals surface area contributed by atoms with E-state index < -0.39 is 0 Å². The first kappa shape index (κ1) is 17.3. The molecule has 2 aliphatic rings. The Hall–Kier alpha value is -1.55. The summed E-state index contributed by atoms with van der Waals surface area (Å²) < 4.78 is 5.35. The number of carbonyl (C=O) groups excluding carboxylic acids is 1. The van der Waals surface area contributed by atoms with Gasteiger partial charge in [0.25, 0.3) is 0 Å². The van der Waals surface area contributed by atoms with E-state index >= 15 is 0 Å². The Bertz CT molecular complexity index is 608. The number of amides is 1. The van der Waals surface area contributed by atoms with E-state index in [0.717, 1.165) is 18.6 Å². The number of rotatable bonds is 6. The van der Waals surface area contributed by atoms with E-state index in [-0.39, 0.29) is 16.9 Å². The van der Waals surface area contributed by atoms with Crippen LogP contribution in [0.4, 0.5) is 0 Å². The van der Waals surface area contributed by atoms with Crippen LogP contribution in [0.2, 0.25) is 0 Å². The summed E-state index contributed by atoms with van der Waals surface area (Å²) in [6.45, 7) is 4.41. The second kappa shape index (κ2) is 6.40. The Kier molecular flexibility index (Phi) is 4.60. The number of nitrogens with one attached hydrogen (secondary N) is 1. The van der Waals surface area contributed by atoms with Crippen molar-refractivity contribution in [1.29, 1.82) is 0 Å². The van der Waals surface area contributed by atoms with Crippen molar-refractivity contribution in [3.63, 3.8) is 0 Å². The number of hydrogen-bond acceptors (Lipinski definition) is 3. The molecule has 2 bridgehead atoms. The molecular formula is C20H30N2O2. The molecule has 0 aromatic heterocycles. The van der Waals surface area contributed by atoms with Crippen molar-refractivity contribution in [3.05, 3.63) is 29.8 Å². The zero-order valence-electron chi connectivity index (χ0n) is 15.1. The molecule has 2 fully saturated rings. The molecule has 1 aromatic rings. The first-order chi connectivity index (χ1) is 11.3. The van der Waals surface area contributed by atoms with Crippen molar-refractivity contribution >= 4 is 5.91 Å². The van der Waals surface area contributed by atoms with Crippen molar-refractivity contribution in [1.82, 2.24) is 5.32 Å². The first-order valence-electron chi connectivity index (χ1n) is 9.02. The normalized spacial score (nSPS) is 28.8. The predicted molar refractivity (Wildman–Crippen MR) is 95.9 cm³/mol. The van der Waals surface area contributed by atoms with Crippen LogP contribution in [0, 0.1) is 17.3 Å². The lowest BCUT2D eigenvalue weighted by Crippen LogP contribution is -2.52. The van der Waals surface area contributed by atoms with E-state index in [4.69, 9.17) is 10.5 Å². The molecule has 4 nitrogen and oxygen atoms in total. The standard InChI is InChI=1S/C20H30N2O2/c1-19(2,21)13-22-18(23)20(12-15-7-8-16(20)9-15)11-14-5-4-6-17(10-14)24-3/h4-6,10,15-16H,7-9,11-13,21H2,1-3H3,(H,22,23). The summed E-state index contributed by atoms with van der Waals surface area (Å²) in [5.41, 5.74) is 6.58. The lowest BCUT2D eigenvalue weighted by atomic mass is 9.68. The minimum atomic E-state index is -0.384. The number of hydrogen-bond donors (Lipinski definition) is 2. The summed E-state index contributed by atoms with van der Waals surface area (Å²) >= 11 is 0. The van der Waals surface area contributed by atoms with Crippen LogP contribution in [-0.2, 0) is 11.2 Å². The number of ether oxygens (including phenoxy) is 1. The average Bonchev–Trinajstić information content (AvgIpc) is 3.13. The quantitative estimate of drug-likeness (QED) is 0.843. The van der Waals surface area contributed by atoms with Crippen LogP contribution in [0.1, 0.15) is 45.1 Å². The zero-order chi connectivity index (χ0) is 17.4. The molecule has 1 amide bonds. The fourth-order valence-electron chi connectivity index (χ4n) is 4.65. The summed E-state index contributed by atoms with van der Waals surface area (Å²) in [4.78, 5) is 13.2. The molecule has 4 heteroatoms. The second-order valence-corrected chi connectivity index (χ2v) is 8.44. The minimum Gasteiger partial charge on any atom is -0.497 e. The second-order valence-electron chi connectivity index (χ2n) is 8.44. The molecule has 132 valence electrons. The van der Waals surface area contributed by atoms with Gasteiger partial charge in [0, 0.05) is 12.1 Å². The molecular weight excluding hydrogens is 300 g/mol. The Balaban J connectivity index is 1.82. The van der Waals surface area contributed by atoms with E-state index in [1.807, 2.05) is 26.0 Å². The van der Waals surface area contributed by atoms with Crippen LogP contribution >= 0.6 is 0 Å². The number of methoxy groups -OCH3 is 1. The maximum Gasteiger partial charge on any atom is 0.226 e. The molecule has 1 aromatic carbocycles. The molecule has 24 heavy (non-hydrogen) atoms. The Morgan fingerprint density at radius 2 is 2.21 bits per heavy atom. The monoisotopic (exact) mass is 330 g/mol. The van der Waals surface area contributed by atoms with Crippen molar-refractivity contribution < 1.29 is 9.53 Å². The molecule has 2 aliphatic carbocycles. The lowest BCUT2D eigenvalue weighted by Gasteiger charge is -2.37. The van der Waals surface area contributed by atoms with Crippen LogP contribution in [0.5, 0.6) is 5.75 Å². The molecule has 0 heterocycles. The highest BCUT2D eigenvalue weighted by molar-refractivity contribution is 5.84. The number of fused-ring (bicyclic) bond motifs is 2. The molecule has 0 aliphatic heterocycles. The van der Waals surface area contributed by atoms with E-state index in [2.05, 4.69) is 17.4 Å². The lowest BCUT2D eigenvalue weighted by molar-refractivity contribution is -0.134. The minimum absolute atomic E-state index is 0.191. The van der Waals surface area contributed by atoms with E-state index in [1.165, 1.54) is 24.8 Å². The van der Waals surface area contributed by atoms with Crippen molar-refractivity contribution in [2.24, 2.45) is 23.0 Å². The first-order valence-corrected chi connectivity index (χ1v) is 9.02. The van der Waals surface area contributed by atoms with Crippen molar-refractivity contribution in [3.8, 4) is 5.75 Å². The van der Waals surface area contributed by atoms with Gasteiger partial charge < -0.3 is 15.8 Å². The Morgan fingerprint density at radius 1 is 1.42 bits per heavy atom. The van der Waals surface area contributed by atoms with E-state index in [0.29, 0.717) is 18.4 Å². The van der Waals surface area contributed by atoms with Gasteiger partial charge in [0.05, 0.1) is 12.5 Å². The van der Waals surface area contributed by atoms with Crippen molar-refractivity contribution in [2.75, 3.05) is 13.7 Å². The van der Waals surface area contributed by atoms with Gasteiger partial charge in [-0.25, -0.2) is 0 Å². The zero-order valence-corrected chi connectivity index (χ0v) is 15.1. The molecule has 0 radical (unpaired) electrons. The summed E-state index contributed by atoms with van der Waals surface area (Å²) in [6, 6.07) is 8.13. The van der Waals surface area contributed by atoms with Crippen molar-refractivity contribution in [2.45, 2.75) is 51.5 Å². The van der Waals surface area contributed by atoms with E-state index in [1.54, 1.807) is 7.11 Å². The molecule has 3 N–H and O–H groups in total. The predicted octanol–water partition coefficient (Wildman–Crippen LogP) is 2.90. The van der Waals surface area contributed by atoms with Crippen LogP contribution in [-0.4, -0.2) is 25.1 Å². The van der Waals surface area contributed by atoms with Gasteiger partial charge in [-0.1, -0.05) is 18.6 Å². The molecule has 3 atom stereocenters. The van der Waals surface area contributed by atoms with Gasteiger partial charge in [0.15, 0.2) is 0 Å². The largest absolute Gasteiger partial charge is 0.497 e. The smallest absolute Gasteiger partial charge is 0.226 e.